The average Bonchev–Trinajstić information content (AvgIpc) is 3.38. The highest BCUT2D eigenvalue weighted by Gasteiger charge is 2.52. The smallest absolute Gasteiger partial charge is 0.457 e. The van der Waals surface area contributed by atoms with Crippen LogP contribution < -0.4 is 10.2 Å². The van der Waals surface area contributed by atoms with Gasteiger partial charge in [-0.25, -0.2) is 4.39 Å². The lowest BCUT2D eigenvalue weighted by Gasteiger charge is -2.32. The summed E-state index contributed by atoms with van der Waals surface area (Å²) in [7, 11) is -0.429. The van der Waals surface area contributed by atoms with Crippen molar-refractivity contribution in [2.24, 2.45) is 0 Å². The van der Waals surface area contributed by atoms with Crippen molar-refractivity contribution in [3.8, 4) is 11.5 Å². The molecule has 0 atom stereocenters. The molecule has 2 fully saturated rings. The van der Waals surface area contributed by atoms with E-state index in [0.717, 1.165) is 22.3 Å². The molecular weight excluding hydrogens is 354 g/mol. The fourth-order valence-corrected chi connectivity index (χ4v) is 3.65. The van der Waals surface area contributed by atoms with Crippen LogP contribution in [0.1, 0.15) is 63.1 Å². The fraction of sp³-hybridized carbons (Fsp3) is 0.478. The van der Waals surface area contributed by atoms with Crippen molar-refractivity contribution in [3.63, 3.8) is 0 Å². The molecule has 28 heavy (non-hydrogen) atoms. The highest BCUT2D eigenvalue weighted by Crippen LogP contribution is 2.42. The zero-order valence-corrected chi connectivity index (χ0v) is 17.6. The lowest BCUT2D eigenvalue weighted by atomic mass is 9.78. The van der Waals surface area contributed by atoms with Gasteiger partial charge in [0, 0.05) is 0 Å². The van der Waals surface area contributed by atoms with E-state index in [1.807, 2.05) is 19.9 Å². The molecule has 2 aromatic rings. The molecular formula is C23H28BFO3. The van der Waals surface area contributed by atoms with Gasteiger partial charge in [0.05, 0.1) is 11.2 Å². The Kier molecular flexibility index (Phi) is 4.59. The minimum atomic E-state index is -0.429. The van der Waals surface area contributed by atoms with Crippen LogP contribution in [0.2, 0.25) is 0 Å². The second-order valence-corrected chi connectivity index (χ2v) is 9.17. The van der Waals surface area contributed by atoms with Crippen LogP contribution in [0.15, 0.2) is 30.3 Å². The first-order chi connectivity index (χ1) is 13.1. The second kappa shape index (κ2) is 6.60. The zero-order chi connectivity index (χ0) is 20.3. The van der Waals surface area contributed by atoms with Gasteiger partial charge in [-0.2, -0.15) is 0 Å². The van der Waals surface area contributed by atoms with Gasteiger partial charge in [-0.1, -0.05) is 6.07 Å². The molecule has 3 nitrogen and oxygen atoms in total. The van der Waals surface area contributed by atoms with Gasteiger partial charge in [0.25, 0.3) is 0 Å². The number of aryl methyl sites for hydroxylation is 2. The molecule has 148 valence electrons. The molecule has 2 aromatic carbocycles. The summed E-state index contributed by atoms with van der Waals surface area (Å²) in [4.78, 5) is 0. The summed E-state index contributed by atoms with van der Waals surface area (Å²) in [6.07, 6.45) is 2.39. The van der Waals surface area contributed by atoms with E-state index in [9.17, 15) is 4.39 Å². The Morgan fingerprint density at radius 2 is 1.50 bits per heavy atom. The van der Waals surface area contributed by atoms with Crippen molar-refractivity contribution in [1.29, 1.82) is 0 Å². The Hall–Kier alpha value is -1.85. The van der Waals surface area contributed by atoms with Crippen molar-refractivity contribution in [3.05, 3.63) is 52.8 Å². The molecule has 1 saturated carbocycles. The molecule has 0 aromatic heterocycles. The van der Waals surface area contributed by atoms with Gasteiger partial charge in [0.2, 0.25) is 0 Å². The summed E-state index contributed by atoms with van der Waals surface area (Å²) < 4.78 is 32.4. The van der Waals surface area contributed by atoms with E-state index < -0.39 is 18.3 Å². The highest BCUT2D eigenvalue weighted by molar-refractivity contribution is 6.62. The van der Waals surface area contributed by atoms with E-state index in [1.165, 1.54) is 30.5 Å². The van der Waals surface area contributed by atoms with Crippen LogP contribution in [-0.4, -0.2) is 18.3 Å². The Labute approximate surface area is 167 Å². The van der Waals surface area contributed by atoms with E-state index >= 15 is 0 Å². The largest absolute Gasteiger partial charge is 0.494 e. The van der Waals surface area contributed by atoms with Crippen LogP contribution in [0.4, 0.5) is 4.39 Å². The first-order valence-electron chi connectivity index (χ1n) is 10.0. The number of halogens is 1. The van der Waals surface area contributed by atoms with Crippen molar-refractivity contribution in [2.45, 2.75) is 71.5 Å². The van der Waals surface area contributed by atoms with Crippen LogP contribution in [-0.2, 0) is 9.31 Å². The molecule has 1 heterocycles. The van der Waals surface area contributed by atoms with Crippen LogP contribution >= 0.6 is 0 Å². The average molecular weight is 382 g/mol. The van der Waals surface area contributed by atoms with Crippen LogP contribution in [0.3, 0.4) is 0 Å². The summed E-state index contributed by atoms with van der Waals surface area (Å²) in [6, 6.07) is 9.26. The molecule has 0 radical (unpaired) electrons. The molecule has 0 amide bonds. The van der Waals surface area contributed by atoms with Gasteiger partial charge in [-0.3, -0.25) is 0 Å². The molecule has 2 aliphatic rings. The molecule has 0 N–H and O–H groups in total. The first-order valence-corrected chi connectivity index (χ1v) is 10.0. The van der Waals surface area contributed by atoms with Gasteiger partial charge in [0.1, 0.15) is 17.3 Å². The molecule has 4 rings (SSSR count). The molecule has 1 aliphatic carbocycles. The Morgan fingerprint density at radius 3 is 2.04 bits per heavy atom. The number of hydrogen-bond acceptors (Lipinski definition) is 3. The molecule has 1 aliphatic heterocycles. The number of rotatable bonds is 4. The maximum atomic E-state index is 13.7. The van der Waals surface area contributed by atoms with E-state index in [-0.39, 0.29) is 5.82 Å². The van der Waals surface area contributed by atoms with Gasteiger partial charge in [-0.05, 0) is 107 Å². The van der Waals surface area contributed by atoms with E-state index in [0.29, 0.717) is 11.7 Å². The minimum Gasteiger partial charge on any atom is -0.457 e. The standard InChI is InChI=1S/C23H28BFO3/c1-14-9-19(25)10-15(2)21(14)26-20-12-17(16-7-8-16)11-18(13-20)24-27-22(3,4)23(5,6)28-24/h9-13,16H,7-8H2,1-6H3. The van der Waals surface area contributed by atoms with E-state index in [2.05, 4.69) is 39.8 Å². The van der Waals surface area contributed by atoms with Crippen molar-refractivity contribution < 1.29 is 18.4 Å². The number of benzene rings is 2. The number of ether oxygens (including phenoxy) is 1. The maximum Gasteiger partial charge on any atom is 0.494 e. The molecule has 0 bridgehead atoms. The normalized spacial score (nSPS) is 20.5. The highest BCUT2D eigenvalue weighted by atomic mass is 19.1. The molecule has 0 unspecified atom stereocenters. The quantitative estimate of drug-likeness (QED) is 0.662. The third-order valence-corrected chi connectivity index (χ3v) is 6.17. The zero-order valence-electron chi connectivity index (χ0n) is 17.6. The fourth-order valence-electron chi connectivity index (χ4n) is 3.65. The second-order valence-electron chi connectivity index (χ2n) is 9.17. The van der Waals surface area contributed by atoms with E-state index in [4.69, 9.17) is 14.0 Å². The molecule has 0 spiro atoms. The van der Waals surface area contributed by atoms with Crippen LogP contribution in [0.5, 0.6) is 11.5 Å². The number of hydrogen-bond donors (Lipinski definition) is 0. The first kappa shape index (κ1) is 19.5. The van der Waals surface area contributed by atoms with Crippen molar-refractivity contribution in [2.75, 3.05) is 0 Å². The Morgan fingerprint density at radius 1 is 0.929 bits per heavy atom. The molecule has 1 saturated heterocycles. The Bertz CT molecular complexity index is 879. The Balaban J connectivity index is 1.70. The predicted octanol–water partition coefficient (Wildman–Crippen LogP) is 5.41. The summed E-state index contributed by atoms with van der Waals surface area (Å²) in [5, 5.41) is 0. The SMILES string of the molecule is Cc1cc(F)cc(C)c1Oc1cc(B2OC(C)(C)C(C)(C)O2)cc(C2CC2)c1. The molecule has 5 heteroatoms. The summed E-state index contributed by atoms with van der Waals surface area (Å²) in [6.45, 7) is 12.0. The summed E-state index contributed by atoms with van der Waals surface area (Å²) >= 11 is 0. The van der Waals surface area contributed by atoms with Gasteiger partial charge in [0.15, 0.2) is 0 Å². The third kappa shape index (κ3) is 3.58. The van der Waals surface area contributed by atoms with Gasteiger partial charge >= 0.3 is 7.12 Å². The van der Waals surface area contributed by atoms with Crippen molar-refractivity contribution in [1.82, 2.24) is 0 Å². The third-order valence-electron chi connectivity index (χ3n) is 6.17. The maximum absolute atomic E-state index is 13.7. The summed E-state index contributed by atoms with van der Waals surface area (Å²) in [5.74, 6) is 1.77. The predicted molar refractivity (Wildman–Crippen MR) is 110 cm³/mol. The van der Waals surface area contributed by atoms with E-state index in [1.54, 1.807) is 0 Å². The van der Waals surface area contributed by atoms with Crippen LogP contribution in [0, 0.1) is 19.7 Å². The summed E-state index contributed by atoms with van der Waals surface area (Å²) in [5.41, 5.74) is 3.00. The monoisotopic (exact) mass is 382 g/mol. The lowest BCUT2D eigenvalue weighted by Crippen LogP contribution is -2.41. The van der Waals surface area contributed by atoms with Crippen molar-refractivity contribution >= 4 is 12.6 Å². The van der Waals surface area contributed by atoms with Gasteiger partial charge in [-0.15, -0.1) is 0 Å². The lowest BCUT2D eigenvalue weighted by molar-refractivity contribution is 0.00578. The topological polar surface area (TPSA) is 27.7 Å². The minimum absolute atomic E-state index is 0.244. The van der Waals surface area contributed by atoms with Gasteiger partial charge < -0.3 is 14.0 Å². The van der Waals surface area contributed by atoms with Crippen LogP contribution in [0.25, 0.3) is 0 Å².